The number of nitrogen functional groups attached to an aromatic ring is 1. The highest BCUT2D eigenvalue weighted by atomic mass is 79.9. The predicted molar refractivity (Wildman–Crippen MR) is 88.8 cm³/mol. The Labute approximate surface area is 133 Å². The lowest BCUT2D eigenvalue weighted by Crippen LogP contribution is -2.26. The maximum Gasteiger partial charge on any atom is 0.132 e. The number of halogens is 2. The van der Waals surface area contributed by atoms with Gasteiger partial charge in [-0.05, 0) is 39.0 Å². The SMILES string of the molecule is CC(C)c1nc(-c2cc(Br)ccc2F)c(N)n1C(C)(C)C. The van der Waals surface area contributed by atoms with E-state index in [9.17, 15) is 4.39 Å². The highest BCUT2D eigenvalue weighted by Gasteiger charge is 2.27. The number of hydrogen-bond donors (Lipinski definition) is 1. The molecular formula is C16H21BrFN3. The van der Waals surface area contributed by atoms with Gasteiger partial charge in [-0.3, -0.25) is 0 Å². The van der Waals surface area contributed by atoms with Crippen LogP contribution in [0.4, 0.5) is 10.2 Å². The maximum absolute atomic E-state index is 14.1. The van der Waals surface area contributed by atoms with Crippen LogP contribution in [0.25, 0.3) is 11.3 Å². The molecule has 1 aromatic carbocycles. The van der Waals surface area contributed by atoms with Crippen LogP contribution in [-0.4, -0.2) is 9.55 Å². The smallest absolute Gasteiger partial charge is 0.132 e. The van der Waals surface area contributed by atoms with Crippen LogP contribution in [-0.2, 0) is 5.54 Å². The van der Waals surface area contributed by atoms with Gasteiger partial charge in [-0.25, -0.2) is 9.37 Å². The van der Waals surface area contributed by atoms with Crippen molar-refractivity contribution in [2.24, 2.45) is 0 Å². The van der Waals surface area contributed by atoms with E-state index in [-0.39, 0.29) is 17.3 Å². The van der Waals surface area contributed by atoms with Crippen molar-refractivity contribution < 1.29 is 4.39 Å². The van der Waals surface area contributed by atoms with Crippen molar-refractivity contribution >= 4 is 21.7 Å². The molecule has 0 bridgehead atoms. The minimum absolute atomic E-state index is 0.204. The highest BCUT2D eigenvalue weighted by molar-refractivity contribution is 9.10. The molecule has 0 radical (unpaired) electrons. The molecule has 1 heterocycles. The average Bonchev–Trinajstić information content (AvgIpc) is 2.70. The third kappa shape index (κ3) is 2.98. The summed E-state index contributed by atoms with van der Waals surface area (Å²) in [6.07, 6.45) is 0. The zero-order valence-electron chi connectivity index (χ0n) is 13.0. The van der Waals surface area contributed by atoms with E-state index >= 15 is 0 Å². The van der Waals surface area contributed by atoms with Gasteiger partial charge >= 0.3 is 0 Å². The topological polar surface area (TPSA) is 43.8 Å². The van der Waals surface area contributed by atoms with E-state index in [1.807, 2.05) is 4.57 Å². The first-order valence-electron chi connectivity index (χ1n) is 6.97. The molecule has 114 valence electrons. The van der Waals surface area contributed by atoms with E-state index in [1.165, 1.54) is 6.07 Å². The standard InChI is InChI=1S/C16H21BrFN3/c1-9(2)15-20-13(14(19)21(15)16(3,4)5)11-8-10(17)6-7-12(11)18/h6-9H,19H2,1-5H3. The molecule has 0 unspecified atom stereocenters. The van der Waals surface area contributed by atoms with E-state index in [0.29, 0.717) is 17.1 Å². The molecular weight excluding hydrogens is 333 g/mol. The highest BCUT2D eigenvalue weighted by Crippen LogP contribution is 2.36. The molecule has 5 heteroatoms. The largest absolute Gasteiger partial charge is 0.383 e. The number of anilines is 1. The van der Waals surface area contributed by atoms with Crippen molar-refractivity contribution in [3.63, 3.8) is 0 Å². The molecule has 0 amide bonds. The molecule has 0 aliphatic rings. The quantitative estimate of drug-likeness (QED) is 0.833. The summed E-state index contributed by atoms with van der Waals surface area (Å²) in [6, 6.07) is 4.80. The van der Waals surface area contributed by atoms with E-state index in [1.54, 1.807) is 12.1 Å². The third-order valence-corrected chi connectivity index (χ3v) is 3.80. The molecule has 0 fully saturated rings. The lowest BCUT2D eigenvalue weighted by Gasteiger charge is -2.26. The van der Waals surface area contributed by atoms with Crippen LogP contribution >= 0.6 is 15.9 Å². The number of hydrogen-bond acceptors (Lipinski definition) is 2. The van der Waals surface area contributed by atoms with Crippen LogP contribution in [0, 0.1) is 5.82 Å². The molecule has 2 N–H and O–H groups in total. The van der Waals surface area contributed by atoms with Crippen molar-refractivity contribution in [3.05, 3.63) is 34.3 Å². The normalized spacial score (nSPS) is 12.2. The lowest BCUT2D eigenvalue weighted by atomic mass is 10.1. The number of nitrogens with two attached hydrogens (primary N) is 1. The fraction of sp³-hybridized carbons (Fsp3) is 0.438. The summed E-state index contributed by atoms with van der Waals surface area (Å²) >= 11 is 3.37. The predicted octanol–water partition coefficient (Wildman–Crippen LogP) is 4.91. The Morgan fingerprint density at radius 1 is 1.29 bits per heavy atom. The minimum atomic E-state index is -0.321. The second-order valence-corrected chi connectivity index (χ2v) is 7.40. The maximum atomic E-state index is 14.1. The van der Waals surface area contributed by atoms with Gasteiger partial charge in [-0.1, -0.05) is 29.8 Å². The Kier molecular flexibility index (Phi) is 4.15. The summed E-state index contributed by atoms with van der Waals surface area (Å²) in [4.78, 5) is 4.63. The number of rotatable bonds is 2. The molecule has 0 spiro atoms. The van der Waals surface area contributed by atoms with Gasteiger partial charge in [0.05, 0.1) is 0 Å². The van der Waals surface area contributed by atoms with Crippen molar-refractivity contribution in [1.29, 1.82) is 0 Å². The van der Waals surface area contributed by atoms with Gasteiger partial charge in [0.1, 0.15) is 23.2 Å². The fourth-order valence-electron chi connectivity index (χ4n) is 2.42. The minimum Gasteiger partial charge on any atom is -0.383 e. The van der Waals surface area contributed by atoms with Crippen molar-refractivity contribution in [2.45, 2.75) is 46.1 Å². The fourth-order valence-corrected chi connectivity index (χ4v) is 2.78. The van der Waals surface area contributed by atoms with Gasteiger partial charge in [-0.2, -0.15) is 0 Å². The number of nitrogens with zero attached hydrogens (tertiary/aromatic N) is 2. The van der Waals surface area contributed by atoms with E-state index < -0.39 is 0 Å². The molecule has 0 saturated heterocycles. The van der Waals surface area contributed by atoms with Gasteiger partial charge in [0.25, 0.3) is 0 Å². The zero-order valence-corrected chi connectivity index (χ0v) is 14.6. The number of benzene rings is 1. The summed E-state index contributed by atoms with van der Waals surface area (Å²) < 4.78 is 16.9. The van der Waals surface area contributed by atoms with E-state index in [0.717, 1.165) is 10.3 Å². The Hall–Kier alpha value is -1.36. The molecule has 2 rings (SSSR count). The molecule has 2 aromatic rings. The number of imidazole rings is 1. The summed E-state index contributed by atoms with van der Waals surface area (Å²) in [5, 5.41) is 0. The molecule has 0 saturated carbocycles. The molecule has 0 aliphatic heterocycles. The molecule has 0 atom stereocenters. The van der Waals surface area contributed by atoms with Gasteiger partial charge in [-0.15, -0.1) is 0 Å². The first kappa shape index (κ1) is 16.0. The Bertz CT molecular complexity index is 669. The second-order valence-electron chi connectivity index (χ2n) is 6.49. The third-order valence-electron chi connectivity index (χ3n) is 3.31. The monoisotopic (exact) mass is 353 g/mol. The Morgan fingerprint density at radius 2 is 1.90 bits per heavy atom. The van der Waals surface area contributed by atoms with Gasteiger partial charge < -0.3 is 10.3 Å². The second kappa shape index (κ2) is 5.44. The van der Waals surface area contributed by atoms with Gasteiger partial charge in [0.2, 0.25) is 0 Å². The van der Waals surface area contributed by atoms with Gasteiger partial charge in [0.15, 0.2) is 0 Å². The van der Waals surface area contributed by atoms with Crippen LogP contribution in [0.1, 0.15) is 46.4 Å². The van der Waals surface area contributed by atoms with Crippen molar-refractivity contribution in [3.8, 4) is 11.3 Å². The number of aromatic nitrogens is 2. The first-order chi connectivity index (χ1) is 9.62. The summed E-state index contributed by atoms with van der Waals surface area (Å²) in [7, 11) is 0. The summed E-state index contributed by atoms with van der Waals surface area (Å²) in [6.45, 7) is 10.3. The Balaban J connectivity index is 2.74. The van der Waals surface area contributed by atoms with Crippen LogP contribution in [0.2, 0.25) is 0 Å². The van der Waals surface area contributed by atoms with Crippen LogP contribution in [0.5, 0.6) is 0 Å². The van der Waals surface area contributed by atoms with Crippen molar-refractivity contribution in [1.82, 2.24) is 9.55 Å². The first-order valence-corrected chi connectivity index (χ1v) is 7.76. The zero-order chi connectivity index (χ0) is 15.9. The van der Waals surface area contributed by atoms with Crippen LogP contribution in [0.3, 0.4) is 0 Å². The summed E-state index contributed by atoms with van der Waals surface area (Å²) in [5.41, 5.74) is 7.02. The summed E-state index contributed by atoms with van der Waals surface area (Å²) in [5.74, 6) is 1.26. The molecule has 1 aromatic heterocycles. The van der Waals surface area contributed by atoms with Gasteiger partial charge in [0, 0.05) is 21.5 Å². The molecule has 3 nitrogen and oxygen atoms in total. The lowest BCUT2D eigenvalue weighted by molar-refractivity contribution is 0.382. The van der Waals surface area contributed by atoms with Crippen LogP contribution in [0.15, 0.2) is 22.7 Å². The van der Waals surface area contributed by atoms with Crippen LogP contribution < -0.4 is 5.73 Å². The van der Waals surface area contributed by atoms with Crippen molar-refractivity contribution in [2.75, 3.05) is 5.73 Å². The van der Waals surface area contributed by atoms with E-state index in [4.69, 9.17) is 5.73 Å². The Morgan fingerprint density at radius 3 is 2.38 bits per heavy atom. The average molecular weight is 354 g/mol. The molecule has 21 heavy (non-hydrogen) atoms. The molecule has 0 aliphatic carbocycles. The van der Waals surface area contributed by atoms with E-state index in [2.05, 4.69) is 55.5 Å².